The SMILES string of the molecule is COc1ccc(C2CC(=O)c3c(O)cc(O[C@@H]4OC(CO[C@@H]5OC(C)[C@H](O)[C@H](O)C5O)[C@H](O)[C@H](O)C4O)cc3O2)cc1O. The number of Topliss-reactive ketones (excluding diaryl/α,β-unsaturated/α-hetero) is 1. The molecule has 2 saturated heterocycles. The van der Waals surface area contributed by atoms with Crippen LogP contribution in [0.5, 0.6) is 28.7 Å². The molecule has 5 rings (SSSR count). The predicted octanol–water partition coefficient (Wildman–Crippen LogP) is -1.16. The third kappa shape index (κ3) is 6.08. The molecule has 0 saturated carbocycles. The van der Waals surface area contributed by atoms with Crippen molar-refractivity contribution < 1.29 is 74.1 Å². The van der Waals surface area contributed by atoms with E-state index in [0.29, 0.717) is 5.56 Å². The van der Waals surface area contributed by atoms with Gasteiger partial charge in [0.15, 0.2) is 23.6 Å². The number of ether oxygens (including phenoxy) is 6. The zero-order chi connectivity index (χ0) is 31.2. The number of carbonyl (C=O) groups excluding carboxylic acids is 1. The maximum atomic E-state index is 12.9. The van der Waals surface area contributed by atoms with Crippen molar-refractivity contribution in [1.29, 1.82) is 0 Å². The molecule has 8 N–H and O–H groups in total. The number of benzene rings is 2. The van der Waals surface area contributed by atoms with E-state index < -0.39 is 85.7 Å². The third-order valence-corrected chi connectivity index (χ3v) is 7.70. The lowest BCUT2D eigenvalue weighted by atomic mass is 9.95. The van der Waals surface area contributed by atoms with Gasteiger partial charge >= 0.3 is 0 Å². The minimum absolute atomic E-state index is 0.0457. The summed E-state index contributed by atoms with van der Waals surface area (Å²) in [4.78, 5) is 12.9. The Bertz CT molecular complexity index is 1320. The van der Waals surface area contributed by atoms with E-state index in [2.05, 4.69) is 0 Å². The minimum Gasteiger partial charge on any atom is -0.507 e. The topological polar surface area (TPSA) is 234 Å². The van der Waals surface area contributed by atoms with E-state index in [1.807, 2.05) is 0 Å². The first kappa shape index (κ1) is 31.2. The molecule has 2 aromatic carbocycles. The summed E-state index contributed by atoms with van der Waals surface area (Å²) in [5, 5.41) is 82.2. The van der Waals surface area contributed by atoms with Crippen molar-refractivity contribution in [1.82, 2.24) is 0 Å². The fourth-order valence-corrected chi connectivity index (χ4v) is 5.20. The van der Waals surface area contributed by atoms with E-state index >= 15 is 0 Å². The van der Waals surface area contributed by atoms with Crippen molar-refractivity contribution in [2.24, 2.45) is 0 Å². The normalized spacial score (nSPS) is 36.0. The molecule has 3 aliphatic rings. The van der Waals surface area contributed by atoms with Crippen LogP contribution in [0.25, 0.3) is 0 Å². The highest BCUT2D eigenvalue weighted by atomic mass is 16.7. The number of aliphatic hydroxyl groups excluding tert-OH is 6. The van der Waals surface area contributed by atoms with Gasteiger partial charge in [-0.1, -0.05) is 6.07 Å². The van der Waals surface area contributed by atoms with Crippen molar-refractivity contribution in [3.05, 3.63) is 41.5 Å². The second-order valence-electron chi connectivity index (χ2n) is 10.6. The monoisotopic (exact) mass is 610 g/mol. The summed E-state index contributed by atoms with van der Waals surface area (Å²) in [5.41, 5.74) is 0.373. The fraction of sp³-hybridized carbons (Fsp3) is 0.536. The van der Waals surface area contributed by atoms with Crippen molar-refractivity contribution >= 4 is 5.78 Å². The molecule has 3 heterocycles. The molecular weight excluding hydrogens is 576 g/mol. The molecule has 5 unspecified atom stereocenters. The summed E-state index contributed by atoms with van der Waals surface area (Å²) in [6.45, 7) is 0.964. The third-order valence-electron chi connectivity index (χ3n) is 7.70. The Kier molecular flexibility index (Phi) is 8.99. The lowest BCUT2D eigenvalue weighted by molar-refractivity contribution is -0.318. The Morgan fingerprint density at radius 1 is 0.837 bits per heavy atom. The van der Waals surface area contributed by atoms with Gasteiger partial charge in [0.05, 0.1) is 26.2 Å². The Labute approximate surface area is 245 Å². The van der Waals surface area contributed by atoms with E-state index in [1.54, 1.807) is 6.07 Å². The molecule has 0 bridgehead atoms. The van der Waals surface area contributed by atoms with Gasteiger partial charge in [-0.05, 0) is 24.6 Å². The van der Waals surface area contributed by atoms with Crippen LogP contribution in [0.2, 0.25) is 0 Å². The van der Waals surface area contributed by atoms with Crippen molar-refractivity contribution in [2.75, 3.05) is 13.7 Å². The molecule has 2 aromatic rings. The smallest absolute Gasteiger partial charge is 0.229 e. The van der Waals surface area contributed by atoms with Crippen LogP contribution in [0.3, 0.4) is 0 Å². The molecule has 0 amide bonds. The molecule has 0 radical (unpaired) electrons. The minimum atomic E-state index is -1.77. The van der Waals surface area contributed by atoms with Gasteiger partial charge in [0.1, 0.15) is 71.6 Å². The van der Waals surface area contributed by atoms with Crippen LogP contribution < -0.4 is 14.2 Å². The first-order valence-electron chi connectivity index (χ1n) is 13.5. The molecule has 3 aliphatic heterocycles. The van der Waals surface area contributed by atoms with E-state index in [9.17, 15) is 45.6 Å². The predicted molar refractivity (Wildman–Crippen MR) is 141 cm³/mol. The molecule has 15 heteroatoms. The first-order valence-corrected chi connectivity index (χ1v) is 13.5. The summed E-state index contributed by atoms with van der Waals surface area (Å²) in [6, 6.07) is 6.90. The van der Waals surface area contributed by atoms with E-state index in [4.69, 9.17) is 28.4 Å². The van der Waals surface area contributed by atoms with Crippen LogP contribution in [0.15, 0.2) is 30.3 Å². The fourth-order valence-electron chi connectivity index (χ4n) is 5.20. The Balaban J connectivity index is 1.30. The summed E-state index contributed by atoms with van der Waals surface area (Å²) in [7, 11) is 1.39. The summed E-state index contributed by atoms with van der Waals surface area (Å²) in [6.07, 6.45) is -15.9. The molecule has 2 fully saturated rings. The average molecular weight is 611 g/mol. The van der Waals surface area contributed by atoms with E-state index in [-0.39, 0.29) is 35.0 Å². The first-order chi connectivity index (χ1) is 20.4. The molecule has 0 spiro atoms. The number of phenols is 2. The molecule has 11 atom stereocenters. The Morgan fingerprint density at radius 3 is 2.23 bits per heavy atom. The maximum absolute atomic E-state index is 12.9. The number of aromatic hydroxyl groups is 2. The van der Waals surface area contributed by atoms with Gasteiger partial charge in [0.2, 0.25) is 6.29 Å². The van der Waals surface area contributed by atoms with Gasteiger partial charge in [-0.3, -0.25) is 4.79 Å². The summed E-state index contributed by atoms with van der Waals surface area (Å²) < 4.78 is 33.1. The van der Waals surface area contributed by atoms with Crippen molar-refractivity contribution in [3.8, 4) is 28.7 Å². The number of aliphatic hydroxyl groups is 6. The number of fused-ring (bicyclic) bond motifs is 1. The van der Waals surface area contributed by atoms with Crippen molar-refractivity contribution in [3.63, 3.8) is 0 Å². The number of ketones is 1. The molecule has 15 nitrogen and oxygen atoms in total. The van der Waals surface area contributed by atoms with Gasteiger partial charge in [-0.2, -0.15) is 0 Å². The molecular formula is C28H34O15. The quantitative estimate of drug-likeness (QED) is 0.185. The van der Waals surface area contributed by atoms with Crippen molar-refractivity contribution in [2.45, 2.75) is 80.9 Å². The number of rotatable bonds is 7. The number of phenolic OH excluding ortho intramolecular Hbond substituents is 2. The number of hydrogen-bond donors (Lipinski definition) is 8. The standard InChI is InChI=1S/C28H34O15/c1-10-21(32)23(34)25(36)27(40-10)39-9-19-22(33)24(35)26(37)28(43-19)41-12-6-14(30)20-15(31)8-17(42-18(20)7-12)11-3-4-16(38-2)13(29)5-11/h3-7,10,17,19,21-30,32-37H,8-9H2,1-2H3/t10?,17?,19?,21-,22-,23-,24-,25?,26?,27+,28+/m0/s1. The lowest BCUT2D eigenvalue weighted by Gasteiger charge is -2.42. The lowest BCUT2D eigenvalue weighted by Crippen LogP contribution is -2.61. The molecule has 0 aromatic heterocycles. The highest BCUT2D eigenvalue weighted by Gasteiger charge is 2.47. The van der Waals surface area contributed by atoms with Crippen LogP contribution in [-0.2, 0) is 14.2 Å². The van der Waals surface area contributed by atoms with Gasteiger partial charge in [0, 0.05) is 12.1 Å². The van der Waals surface area contributed by atoms with E-state index in [0.717, 1.165) is 6.07 Å². The van der Waals surface area contributed by atoms with E-state index in [1.165, 1.54) is 32.2 Å². The van der Waals surface area contributed by atoms with Gasteiger partial charge in [-0.25, -0.2) is 0 Å². The Morgan fingerprint density at radius 2 is 1.53 bits per heavy atom. The highest BCUT2D eigenvalue weighted by Crippen LogP contribution is 2.43. The second kappa shape index (κ2) is 12.4. The molecule has 0 aliphatic carbocycles. The number of carbonyl (C=O) groups is 1. The van der Waals surface area contributed by atoms with Gasteiger partial charge < -0.3 is 69.3 Å². The van der Waals surface area contributed by atoms with Crippen LogP contribution in [0.1, 0.15) is 35.4 Å². The van der Waals surface area contributed by atoms with Gasteiger partial charge in [0.25, 0.3) is 0 Å². The maximum Gasteiger partial charge on any atom is 0.229 e. The summed E-state index contributed by atoms with van der Waals surface area (Å²) >= 11 is 0. The largest absolute Gasteiger partial charge is 0.507 e. The zero-order valence-corrected chi connectivity index (χ0v) is 23.1. The van der Waals surface area contributed by atoms with Crippen LogP contribution in [0.4, 0.5) is 0 Å². The number of methoxy groups -OCH3 is 1. The van der Waals surface area contributed by atoms with Crippen LogP contribution in [0, 0.1) is 0 Å². The average Bonchev–Trinajstić information content (AvgIpc) is 2.97. The number of hydrogen-bond acceptors (Lipinski definition) is 15. The van der Waals surface area contributed by atoms with Crippen LogP contribution in [-0.4, -0.2) is 122 Å². The van der Waals surface area contributed by atoms with Gasteiger partial charge in [-0.15, -0.1) is 0 Å². The second-order valence-corrected chi connectivity index (χ2v) is 10.6. The Hall–Kier alpha value is -3.25. The summed E-state index contributed by atoms with van der Waals surface area (Å²) in [5.74, 6) is -0.999. The highest BCUT2D eigenvalue weighted by molar-refractivity contribution is 6.02. The molecule has 43 heavy (non-hydrogen) atoms. The zero-order valence-electron chi connectivity index (χ0n) is 23.1. The molecule has 236 valence electrons. The van der Waals surface area contributed by atoms with Crippen LogP contribution >= 0.6 is 0 Å².